The number of ether oxygens (including phenoxy) is 2. The quantitative estimate of drug-likeness (QED) is 0.423. The zero-order valence-electron chi connectivity index (χ0n) is 15.4. The van der Waals surface area contributed by atoms with Crippen molar-refractivity contribution in [1.82, 2.24) is 10.4 Å². The van der Waals surface area contributed by atoms with Crippen molar-refractivity contribution in [1.29, 1.82) is 0 Å². The Labute approximate surface area is 175 Å². The largest absolute Gasteiger partial charge is 0.493 e. The summed E-state index contributed by atoms with van der Waals surface area (Å²) in [6.07, 6.45) is 4.53. The van der Waals surface area contributed by atoms with Crippen molar-refractivity contribution in [3.63, 3.8) is 0 Å². The SMILES string of the molecule is COc1cc(/C=N\NC(=O)c2cccnc2)c(Br)cc1OCc1ccc(F)cc1. The second-order valence-electron chi connectivity index (χ2n) is 5.88. The number of aromatic nitrogens is 1. The van der Waals surface area contributed by atoms with Gasteiger partial charge >= 0.3 is 0 Å². The van der Waals surface area contributed by atoms with E-state index in [0.717, 1.165) is 5.56 Å². The predicted molar refractivity (Wildman–Crippen MR) is 111 cm³/mol. The molecular weight excluding hydrogens is 441 g/mol. The number of benzene rings is 2. The summed E-state index contributed by atoms with van der Waals surface area (Å²) in [5.74, 6) is 0.348. The molecule has 3 aromatic rings. The third kappa shape index (κ3) is 5.61. The smallest absolute Gasteiger partial charge is 0.272 e. The molecule has 0 aliphatic heterocycles. The maximum Gasteiger partial charge on any atom is 0.272 e. The average Bonchev–Trinajstić information content (AvgIpc) is 2.75. The molecule has 8 heteroatoms. The van der Waals surface area contributed by atoms with Gasteiger partial charge in [0, 0.05) is 22.4 Å². The van der Waals surface area contributed by atoms with Crippen LogP contribution in [0.15, 0.2) is 70.5 Å². The van der Waals surface area contributed by atoms with E-state index in [-0.39, 0.29) is 18.3 Å². The lowest BCUT2D eigenvalue weighted by Gasteiger charge is -2.13. The molecule has 1 amide bonds. The monoisotopic (exact) mass is 457 g/mol. The summed E-state index contributed by atoms with van der Waals surface area (Å²) in [5, 5.41) is 3.97. The number of hydrogen-bond acceptors (Lipinski definition) is 5. The molecule has 0 radical (unpaired) electrons. The van der Waals surface area contributed by atoms with Gasteiger partial charge in [-0.1, -0.05) is 12.1 Å². The first-order valence-corrected chi connectivity index (χ1v) is 9.34. The molecule has 0 bridgehead atoms. The third-order valence-electron chi connectivity index (χ3n) is 3.88. The predicted octanol–water partition coefficient (Wildman–Crippen LogP) is 4.33. The Hall–Kier alpha value is -3.26. The van der Waals surface area contributed by atoms with Crippen LogP contribution in [0.5, 0.6) is 11.5 Å². The van der Waals surface area contributed by atoms with E-state index in [1.165, 1.54) is 31.7 Å². The molecule has 0 unspecified atom stereocenters. The summed E-state index contributed by atoms with van der Waals surface area (Å²) in [4.78, 5) is 15.9. The molecule has 0 saturated carbocycles. The van der Waals surface area contributed by atoms with Gasteiger partial charge in [0.2, 0.25) is 0 Å². The minimum atomic E-state index is -0.364. The van der Waals surface area contributed by atoms with Crippen LogP contribution in [0, 0.1) is 5.82 Å². The topological polar surface area (TPSA) is 72.8 Å². The Morgan fingerprint density at radius 1 is 1.24 bits per heavy atom. The van der Waals surface area contributed by atoms with Crippen molar-refractivity contribution < 1.29 is 18.7 Å². The molecule has 0 fully saturated rings. The van der Waals surface area contributed by atoms with E-state index in [0.29, 0.717) is 27.1 Å². The number of carbonyl (C=O) groups excluding carboxylic acids is 1. The van der Waals surface area contributed by atoms with Crippen molar-refractivity contribution >= 4 is 28.1 Å². The van der Waals surface area contributed by atoms with E-state index in [1.807, 2.05) is 0 Å². The molecule has 6 nitrogen and oxygen atoms in total. The lowest BCUT2D eigenvalue weighted by molar-refractivity contribution is 0.0955. The normalized spacial score (nSPS) is 10.7. The highest BCUT2D eigenvalue weighted by atomic mass is 79.9. The van der Waals surface area contributed by atoms with Crippen molar-refractivity contribution in [3.05, 3.63) is 87.9 Å². The first-order valence-electron chi connectivity index (χ1n) is 8.55. The molecule has 29 heavy (non-hydrogen) atoms. The maximum atomic E-state index is 13.0. The van der Waals surface area contributed by atoms with Gasteiger partial charge < -0.3 is 9.47 Å². The van der Waals surface area contributed by atoms with Crippen LogP contribution in [0.2, 0.25) is 0 Å². The zero-order chi connectivity index (χ0) is 20.6. The fourth-order valence-corrected chi connectivity index (χ4v) is 2.81. The number of halogens is 2. The van der Waals surface area contributed by atoms with E-state index in [1.54, 1.807) is 42.6 Å². The number of carbonyl (C=O) groups is 1. The van der Waals surface area contributed by atoms with Crippen molar-refractivity contribution in [2.75, 3.05) is 7.11 Å². The molecule has 1 N–H and O–H groups in total. The highest BCUT2D eigenvalue weighted by Crippen LogP contribution is 2.33. The molecule has 0 aliphatic rings. The van der Waals surface area contributed by atoms with Crippen LogP contribution in [-0.2, 0) is 6.61 Å². The Morgan fingerprint density at radius 2 is 2.03 bits per heavy atom. The zero-order valence-corrected chi connectivity index (χ0v) is 17.0. The number of rotatable bonds is 7. The Bertz CT molecular complexity index is 1010. The number of pyridine rings is 1. The van der Waals surface area contributed by atoms with Crippen molar-refractivity contribution in [3.8, 4) is 11.5 Å². The molecule has 3 rings (SSSR count). The van der Waals surface area contributed by atoms with Crippen LogP contribution >= 0.6 is 15.9 Å². The number of hydrazone groups is 1. The van der Waals surface area contributed by atoms with Gasteiger partial charge in [-0.15, -0.1) is 0 Å². The first-order chi connectivity index (χ1) is 14.1. The van der Waals surface area contributed by atoms with Crippen LogP contribution in [0.3, 0.4) is 0 Å². The fraction of sp³-hybridized carbons (Fsp3) is 0.0952. The molecule has 1 aromatic heterocycles. The minimum Gasteiger partial charge on any atom is -0.493 e. The van der Waals surface area contributed by atoms with Crippen LogP contribution in [-0.4, -0.2) is 24.2 Å². The van der Waals surface area contributed by atoms with Crippen LogP contribution < -0.4 is 14.9 Å². The lowest BCUT2D eigenvalue weighted by Crippen LogP contribution is -2.17. The van der Waals surface area contributed by atoms with Crippen LogP contribution in [0.4, 0.5) is 4.39 Å². The molecule has 0 saturated heterocycles. The highest BCUT2D eigenvalue weighted by molar-refractivity contribution is 9.10. The number of hydrogen-bond donors (Lipinski definition) is 1. The summed E-state index contributed by atoms with van der Waals surface area (Å²) >= 11 is 3.46. The first kappa shape index (κ1) is 20.5. The molecule has 0 atom stereocenters. The van der Waals surface area contributed by atoms with Gasteiger partial charge in [0.05, 0.1) is 18.9 Å². The van der Waals surface area contributed by atoms with Gasteiger partial charge in [-0.25, -0.2) is 9.82 Å². The second-order valence-corrected chi connectivity index (χ2v) is 6.73. The number of nitrogens with one attached hydrogen (secondary N) is 1. The van der Waals surface area contributed by atoms with Gasteiger partial charge in [0.25, 0.3) is 5.91 Å². The highest BCUT2D eigenvalue weighted by Gasteiger charge is 2.10. The molecular formula is C21H17BrFN3O3. The average molecular weight is 458 g/mol. The summed E-state index contributed by atoms with van der Waals surface area (Å²) in [5.41, 5.74) is 4.36. The van der Waals surface area contributed by atoms with Crippen molar-refractivity contribution in [2.24, 2.45) is 5.10 Å². The maximum absolute atomic E-state index is 13.0. The summed E-state index contributed by atoms with van der Waals surface area (Å²) in [6.45, 7) is 0.262. The van der Waals surface area contributed by atoms with Crippen LogP contribution in [0.1, 0.15) is 21.5 Å². The summed E-state index contributed by atoms with van der Waals surface area (Å²) < 4.78 is 24.9. The van der Waals surface area contributed by atoms with Gasteiger partial charge in [0.1, 0.15) is 12.4 Å². The second kappa shape index (κ2) is 9.79. The minimum absolute atomic E-state index is 0.262. The molecule has 1 heterocycles. The van der Waals surface area contributed by atoms with E-state index in [9.17, 15) is 9.18 Å². The molecule has 148 valence electrons. The number of amides is 1. The fourth-order valence-electron chi connectivity index (χ4n) is 2.39. The van der Waals surface area contributed by atoms with Crippen molar-refractivity contribution in [2.45, 2.75) is 6.61 Å². The lowest BCUT2D eigenvalue weighted by atomic mass is 10.2. The Morgan fingerprint density at radius 3 is 2.72 bits per heavy atom. The number of methoxy groups -OCH3 is 1. The van der Waals surface area contributed by atoms with E-state index in [4.69, 9.17) is 9.47 Å². The summed E-state index contributed by atoms with van der Waals surface area (Å²) in [6, 6.07) is 12.9. The van der Waals surface area contributed by atoms with Gasteiger partial charge in [-0.3, -0.25) is 9.78 Å². The van der Waals surface area contributed by atoms with Gasteiger partial charge in [0.15, 0.2) is 11.5 Å². The Balaban J connectivity index is 1.68. The standard InChI is InChI=1S/C21H17BrFN3O3/c1-28-19-9-16(12-25-26-21(27)15-3-2-8-24-11-15)18(22)10-20(19)29-13-14-4-6-17(23)7-5-14/h2-12H,13H2,1H3,(H,26,27)/b25-12-. The Kier molecular flexibility index (Phi) is 6.91. The van der Waals surface area contributed by atoms with Crippen LogP contribution in [0.25, 0.3) is 0 Å². The third-order valence-corrected chi connectivity index (χ3v) is 4.57. The van der Waals surface area contributed by atoms with Gasteiger partial charge in [-0.2, -0.15) is 5.10 Å². The van der Waals surface area contributed by atoms with Gasteiger partial charge in [-0.05, 0) is 57.9 Å². The van der Waals surface area contributed by atoms with E-state index >= 15 is 0 Å². The molecule has 0 aliphatic carbocycles. The van der Waals surface area contributed by atoms with E-state index in [2.05, 4.69) is 31.4 Å². The molecule has 2 aromatic carbocycles. The van der Waals surface area contributed by atoms with E-state index < -0.39 is 0 Å². The molecule has 0 spiro atoms. The number of nitrogens with zero attached hydrogens (tertiary/aromatic N) is 2. The summed E-state index contributed by atoms with van der Waals surface area (Å²) in [7, 11) is 1.53.